The van der Waals surface area contributed by atoms with Crippen LogP contribution < -0.4 is 4.74 Å². The van der Waals surface area contributed by atoms with Crippen LogP contribution in [0.3, 0.4) is 0 Å². The lowest BCUT2D eigenvalue weighted by molar-refractivity contribution is -0.128. The molecule has 2 aliphatic heterocycles. The quantitative estimate of drug-likeness (QED) is 0.783. The molecule has 29 heavy (non-hydrogen) atoms. The number of carbonyl (C=O) groups excluding carboxylic acids is 1. The molecule has 2 aliphatic rings. The van der Waals surface area contributed by atoms with Crippen molar-refractivity contribution < 1.29 is 18.7 Å². The Kier molecular flexibility index (Phi) is 5.73. The molecular formula is C21H25FN4O3. The van der Waals surface area contributed by atoms with Crippen molar-refractivity contribution in [3.05, 3.63) is 53.9 Å². The number of rotatable bonds is 4. The molecule has 0 saturated carbocycles. The molecule has 1 aromatic carbocycles. The highest BCUT2D eigenvalue weighted by Gasteiger charge is 2.41. The predicted molar refractivity (Wildman–Crippen MR) is 104 cm³/mol. The Bertz CT molecular complexity index is 856. The molecule has 0 unspecified atom stereocenters. The molecule has 3 heterocycles. The lowest BCUT2D eigenvalue weighted by Crippen LogP contribution is -2.58. The van der Waals surface area contributed by atoms with Crippen molar-refractivity contribution in [1.82, 2.24) is 19.8 Å². The molecule has 0 atom stereocenters. The van der Waals surface area contributed by atoms with Gasteiger partial charge in [-0.05, 0) is 25.0 Å². The zero-order valence-electron chi connectivity index (χ0n) is 16.5. The Labute approximate surface area is 169 Å². The van der Waals surface area contributed by atoms with E-state index in [4.69, 9.17) is 9.47 Å². The number of piperidine rings is 1. The van der Waals surface area contributed by atoms with Gasteiger partial charge in [-0.15, -0.1) is 0 Å². The number of aromatic nitrogens is 2. The molecule has 0 radical (unpaired) electrons. The molecule has 4 rings (SSSR count). The zero-order chi connectivity index (χ0) is 20.3. The van der Waals surface area contributed by atoms with Gasteiger partial charge in [-0.2, -0.15) is 0 Å². The third-order valence-corrected chi connectivity index (χ3v) is 5.73. The third-order valence-electron chi connectivity index (χ3n) is 5.73. The van der Waals surface area contributed by atoms with Crippen molar-refractivity contribution in [3.63, 3.8) is 0 Å². The van der Waals surface area contributed by atoms with Gasteiger partial charge in [0.1, 0.15) is 23.5 Å². The second kappa shape index (κ2) is 8.42. The number of likely N-dealkylation sites (tertiary alicyclic amines) is 1. The zero-order valence-corrected chi connectivity index (χ0v) is 16.5. The van der Waals surface area contributed by atoms with Crippen molar-refractivity contribution in [2.75, 3.05) is 39.9 Å². The normalized spacial score (nSPS) is 19.3. The van der Waals surface area contributed by atoms with Gasteiger partial charge < -0.3 is 14.4 Å². The molecule has 0 aliphatic carbocycles. The molecule has 2 aromatic rings. The maximum absolute atomic E-state index is 14.4. The first kappa shape index (κ1) is 19.7. The Morgan fingerprint density at radius 2 is 2.00 bits per heavy atom. The van der Waals surface area contributed by atoms with Crippen molar-refractivity contribution in [2.24, 2.45) is 0 Å². The minimum absolute atomic E-state index is 0.00596. The summed E-state index contributed by atoms with van der Waals surface area (Å²) >= 11 is 0. The van der Waals surface area contributed by atoms with Crippen LogP contribution in [0.4, 0.5) is 4.39 Å². The summed E-state index contributed by atoms with van der Waals surface area (Å²) in [4.78, 5) is 25.2. The van der Waals surface area contributed by atoms with E-state index in [0.717, 1.165) is 38.0 Å². The van der Waals surface area contributed by atoms with Crippen molar-refractivity contribution in [2.45, 2.75) is 25.0 Å². The lowest BCUT2D eigenvalue weighted by atomic mass is 9.89. The van der Waals surface area contributed by atoms with E-state index in [-0.39, 0.29) is 22.8 Å². The van der Waals surface area contributed by atoms with Crippen LogP contribution in [0.5, 0.6) is 5.75 Å². The average Bonchev–Trinajstić information content (AvgIpc) is 2.76. The van der Waals surface area contributed by atoms with Crippen LogP contribution in [0.15, 0.2) is 36.9 Å². The monoisotopic (exact) mass is 400 g/mol. The summed E-state index contributed by atoms with van der Waals surface area (Å²) < 4.78 is 25.7. The van der Waals surface area contributed by atoms with Gasteiger partial charge in [-0.1, -0.05) is 6.07 Å². The maximum Gasteiger partial charge on any atom is 0.260 e. The molecule has 8 heteroatoms. The molecule has 0 N–H and O–H groups in total. The molecule has 154 valence electrons. The Morgan fingerprint density at radius 3 is 2.72 bits per heavy atom. The second-order valence-electron chi connectivity index (χ2n) is 7.60. The van der Waals surface area contributed by atoms with E-state index in [1.54, 1.807) is 17.0 Å². The van der Waals surface area contributed by atoms with Crippen LogP contribution in [-0.2, 0) is 11.3 Å². The highest BCUT2D eigenvalue weighted by Crippen LogP contribution is 2.32. The van der Waals surface area contributed by atoms with Crippen LogP contribution in [0.2, 0.25) is 0 Å². The number of hydrogen-bond donors (Lipinski definition) is 0. The topological polar surface area (TPSA) is 67.8 Å². The number of ether oxygens (including phenoxy) is 2. The lowest BCUT2D eigenvalue weighted by Gasteiger charge is -2.47. The number of morpholine rings is 1. The Balaban J connectivity index is 1.42. The fraction of sp³-hybridized carbons (Fsp3) is 0.476. The van der Waals surface area contributed by atoms with E-state index < -0.39 is 5.82 Å². The van der Waals surface area contributed by atoms with Crippen LogP contribution >= 0.6 is 0 Å². The second-order valence-corrected chi connectivity index (χ2v) is 7.60. The first-order valence-electron chi connectivity index (χ1n) is 9.82. The third kappa shape index (κ3) is 4.23. The number of amides is 1. The fourth-order valence-corrected chi connectivity index (χ4v) is 4.15. The van der Waals surface area contributed by atoms with Gasteiger partial charge in [0.15, 0.2) is 0 Å². The molecular weight excluding hydrogens is 375 g/mol. The molecule has 0 bridgehead atoms. The summed E-state index contributed by atoms with van der Waals surface area (Å²) in [5, 5.41) is 0. The summed E-state index contributed by atoms with van der Waals surface area (Å²) in [7, 11) is 1.44. The molecule has 2 saturated heterocycles. The van der Waals surface area contributed by atoms with E-state index in [9.17, 15) is 9.18 Å². The summed E-state index contributed by atoms with van der Waals surface area (Å²) in [6.45, 7) is 3.88. The standard InChI is InChI=1S/C21H25FN4O3/c1-28-18-4-2-3-17(22)19(18)20(27)26-9-10-29-21(14-26)5-7-25(8-6-21)13-16-11-23-15-24-12-16/h2-4,11-12,15H,5-10,13-14H2,1H3. The van der Waals surface area contributed by atoms with Crippen molar-refractivity contribution in [3.8, 4) is 5.75 Å². The van der Waals surface area contributed by atoms with Crippen LogP contribution in [0.25, 0.3) is 0 Å². The van der Waals surface area contributed by atoms with E-state index in [0.29, 0.717) is 19.7 Å². The maximum atomic E-state index is 14.4. The van der Waals surface area contributed by atoms with E-state index in [1.165, 1.54) is 19.5 Å². The SMILES string of the molecule is COc1cccc(F)c1C(=O)N1CCOC2(CCN(Cc3cncnc3)CC2)C1. The molecule has 1 amide bonds. The van der Waals surface area contributed by atoms with E-state index >= 15 is 0 Å². The number of benzene rings is 1. The molecule has 2 fully saturated rings. The Morgan fingerprint density at radius 1 is 1.24 bits per heavy atom. The van der Waals surface area contributed by atoms with E-state index in [1.807, 2.05) is 12.4 Å². The summed E-state index contributed by atoms with van der Waals surface area (Å²) in [6, 6.07) is 4.44. The smallest absolute Gasteiger partial charge is 0.260 e. The van der Waals surface area contributed by atoms with Crippen molar-refractivity contribution >= 4 is 5.91 Å². The molecule has 1 spiro atoms. The first-order valence-corrected chi connectivity index (χ1v) is 9.82. The largest absolute Gasteiger partial charge is 0.496 e. The van der Waals surface area contributed by atoms with Gasteiger partial charge >= 0.3 is 0 Å². The Hall–Kier alpha value is -2.58. The minimum Gasteiger partial charge on any atom is -0.496 e. The minimum atomic E-state index is -0.560. The number of hydrogen-bond acceptors (Lipinski definition) is 6. The van der Waals surface area contributed by atoms with Crippen LogP contribution in [0.1, 0.15) is 28.8 Å². The highest BCUT2D eigenvalue weighted by molar-refractivity contribution is 5.97. The van der Waals surface area contributed by atoms with Gasteiger partial charge in [0.2, 0.25) is 0 Å². The molecule has 1 aromatic heterocycles. The average molecular weight is 400 g/mol. The summed E-state index contributed by atoms with van der Waals surface area (Å²) in [6.07, 6.45) is 6.83. The fourth-order valence-electron chi connectivity index (χ4n) is 4.15. The summed E-state index contributed by atoms with van der Waals surface area (Å²) in [5.74, 6) is -0.642. The van der Waals surface area contributed by atoms with Crippen LogP contribution in [0, 0.1) is 5.82 Å². The number of methoxy groups -OCH3 is 1. The first-order chi connectivity index (χ1) is 14.1. The number of nitrogens with zero attached hydrogens (tertiary/aromatic N) is 4. The van der Waals surface area contributed by atoms with Gasteiger partial charge in [0, 0.05) is 44.1 Å². The van der Waals surface area contributed by atoms with Gasteiger partial charge in [0.05, 0.1) is 25.9 Å². The van der Waals surface area contributed by atoms with Gasteiger partial charge in [0.25, 0.3) is 5.91 Å². The number of carbonyl (C=O) groups is 1. The van der Waals surface area contributed by atoms with Gasteiger partial charge in [-0.25, -0.2) is 14.4 Å². The van der Waals surface area contributed by atoms with Gasteiger partial charge in [-0.3, -0.25) is 9.69 Å². The summed E-state index contributed by atoms with van der Waals surface area (Å²) in [5.41, 5.74) is 0.695. The highest BCUT2D eigenvalue weighted by atomic mass is 19.1. The predicted octanol–water partition coefficient (Wildman–Crippen LogP) is 2.13. The van der Waals surface area contributed by atoms with Crippen molar-refractivity contribution in [1.29, 1.82) is 0 Å². The number of halogens is 1. The molecule has 7 nitrogen and oxygen atoms in total. The van der Waals surface area contributed by atoms with Crippen LogP contribution in [-0.4, -0.2) is 71.2 Å². The van der Waals surface area contributed by atoms with E-state index in [2.05, 4.69) is 14.9 Å².